The predicted molar refractivity (Wildman–Crippen MR) is 112 cm³/mol. The van der Waals surface area contributed by atoms with Crippen LogP contribution in [-0.2, 0) is 14.6 Å². The standard InChI is InChI=1S/C20H24N6O4S/c1-11-23-18-16(26(11)13-6-4-5-9-30-13)20(31(3,27)28)25-17(24-18)14-15(12-7-8-12)21-10-22-19(14)29-2/h10,12-13H,4-9H2,1-3H3. The summed E-state index contributed by atoms with van der Waals surface area (Å²) in [6.45, 7) is 2.45. The number of hydrogen-bond donors (Lipinski definition) is 0. The summed E-state index contributed by atoms with van der Waals surface area (Å²) in [4.78, 5) is 22.4. The molecule has 1 aliphatic carbocycles. The van der Waals surface area contributed by atoms with Gasteiger partial charge in [0, 0.05) is 18.8 Å². The largest absolute Gasteiger partial charge is 0.480 e. The molecule has 1 saturated carbocycles. The highest BCUT2D eigenvalue weighted by atomic mass is 32.2. The molecular formula is C20H24N6O4S. The van der Waals surface area contributed by atoms with Crippen molar-refractivity contribution in [1.82, 2.24) is 29.5 Å². The third-order valence-electron chi connectivity index (χ3n) is 5.71. The molecule has 2 fully saturated rings. The van der Waals surface area contributed by atoms with E-state index in [1.807, 2.05) is 11.5 Å². The summed E-state index contributed by atoms with van der Waals surface area (Å²) in [6, 6.07) is 0. The van der Waals surface area contributed by atoms with Crippen LogP contribution in [0.2, 0.25) is 0 Å². The van der Waals surface area contributed by atoms with E-state index in [9.17, 15) is 8.42 Å². The van der Waals surface area contributed by atoms with Gasteiger partial charge in [-0.2, -0.15) is 0 Å². The molecule has 164 valence electrons. The van der Waals surface area contributed by atoms with Gasteiger partial charge in [0.2, 0.25) is 5.88 Å². The number of aryl methyl sites for hydroxylation is 1. The Balaban J connectivity index is 1.79. The van der Waals surface area contributed by atoms with E-state index >= 15 is 0 Å². The highest BCUT2D eigenvalue weighted by molar-refractivity contribution is 7.90. The van der Waals surface area contributed by atoms with Crippen LogP contribution in [0.25, 0.3) is 22.6 Å². The summed E-state index contributed by atoms with van der Waals surface area (Å²) in [6.07, 6.45) is 7.08. The number of hydrogen-bond acceptors (Lipinski definition) is 9. The summed E-state index contributed by atoms with van der Waals surface area (Å²) in [5, 5.41) is -0.0741. The van der Waals surface area contributed by atoms with Gasteiger partial charge in [-0.15, -0.1) is 0 Å². The summed E-state index contributed by atoms with van der Waals surface area (Å²) in [5.41, 5.74) is 1.99. The van der Waals surface area contributed by atoms with Crippen LogP contribution >= 0.6 is 0 Å². The van der Waals surface area contributed by atoms with Crippen LogP contribution in [-0.4, -0.2) is 57.9 Å². The number of methoxy groups -OCH3 is 1. The van der Waals surface area contributed by atoms with Crippen molar-refractivity contribution in [2.24, 2.45) is 0 Å². The number of rotatable bonds is 5. The molecule has 4 heterocycles. The van der Waals surface area contributed by atoms with Crippen molar-refractivity contribution in [3.05, 3.63) is 17.8 Å². The van der Waals surface area contributed by atoms with Crippen molar-refractivity contribution in [1.29, 1.82) is 0 Å². The zero-order valence-corrected chi connectivity index (χ0v) is 18.5. The molecule has 10 nitrogen and oxygen atoms in total. The van der Waals surface area contributed by atoms with E-state index in [4.69, 9.17) is 9.47 Å². The lowest BCUT2D eigenvalue weighted by Gasteiger charge is -2.25. The highest BCUT2D eigenvalue weighted by Gasteiger charge is 2.33. The number of nitrogens with zero attached hydrogens (tertiary/aromatic N) is 6. The molecule has 0 amide bonds. The Morgan fingerprint density at radius 1 is 1.13 bits per heavy atom. The zero-order chi connectivity index (χ0) is 21.8. The molecule has 0 bridgehead atoms. The first kappa shape index (κ1) is 20.3. The van der Waals surface area contributed by atoms with Crippen LogP contribution in [0.15, 0.2) is 11.4 Å². The predicted octanol–water partition coefficient (Wildman–Crippen LogP) is 2.58. The molecule has 1 aliphatic heterocycles. The maximum absolute atomic E-state index is 12.8. The van der Waals surface area contributed by atoms with Crippen LogP contribution in [0.5, 0.6) is 5.88 Å². The van der Waals surface area contributed by atoms with Crippen molar-refractivity contribution in [3.8, 4) is 17.3 Å². The number of imidazole rings is 1. The summed E-state index contributed by atoms with van der Waals surface area (Å²) in [5.74, 6) is 1.43. The molecular weight excluding hydrogens is 420 g/mol. The van der Waals surface area contributed by atoms with Crippen molar-refractivity contribution < 1.29 is 17.9 Å². The highest BCUT2D eigenvalue weighted by Crippen LogP contribution is 2.45. The quantitative estimate of drug-likeness (QED) is 0.546. The van der Waals surface area contributed by atoms with E-state index in [1.54, 1.807) is 0 Å². The van der Waals surface area contributed by atoms with Gasteiger partial charge in [-0.3, -0.25) is 4.57 Å². The number of fused-ring (bicyclic) bond motifs is 1. The molecule has 1 unspecified atom stereocenters. The fourth-order valence-corrected chi connectivity index (χ4v) is 4.94. The molecule has 31 heavy (non-hydrogen) atoms. The lowest BCUT2D eigenvalue weighted by atomic mass is 10.1. The molecule has 1 saturated heterocycles. The van der Waals surface area contributed by atoms with E-state index in [2.05, 4.69) is 24.9 Å². The van der Waals surface area contributed by atoms with Gasteiger partial charge < -0.3 is 9.47 Å². The average molecular weight is 445 g/mol. The molecule has 11 heteroatoms. The molecule has 0 spiro atoms. The van der Waals surface area contributed by atoms with E-state index < -0.39 is 9.84 Å². The second-order valence-corrected chi connectivity index (χ2v) is 10.00. The van der Waals surface area contributed by atoms with Gasteiger partial charge in [0.05, 0.1) is 12.8 Å². The second kappa shape index (κ2) is 7.49. The van der Waals surface area contributed by atoms with Gasteiger partial charge in [-0.25, -0.2) is 33.3 Å². The molecule has 3 aromatic heterocycles. The first-order valence-corrected chi connectivity index (χ1v) is 12.2. The smallest absolute Gasteiger partial charge is 0.227 e. The molecule has 3 aromatic rings. The van der Waals surface area contributed by atoms with Gasteiger partial charge in [0.15, 0.2) is 26.3 Å². The first-order valence-electron chi connectivity index (χ1n) is 10.4. The third-order valence-corrected chi connectivity index (χ3v) is 6.70. The summed E-state index contributed by atoms with van der Waals surface area (Å²) < 4.78 is 38.8. The van der Waals surface area contributed by atoms with E-state index in [1.165, 1.54) is 13.4 Å². The second-order valence-electron chi connectivity index (χ2n) is 8.06. The summed E-state index contributed by atoms with van der Waals surface area (Å²) in [7, 11) is -2.18. The monoisotopic (exact) mass is 444 g/mol. The lowest BCUT2D eigenvalue weighted by molar-refractivity contribution is -0.0308. The van der Waals surface area contributed by atoms with Crippen LogP contribution in [0.3, 0.4) is 0 Å². The Morgan fingerprint density at radius 2 is 1.94 bits per heavy atom. The zero-order valence-electron chi connectivity index (χ0n) is 17.7. The van der Waals surface area contributed by atoms with Gasteiger partial charge in [-0.1, -0.05) is 0 Å². The SMILES string of the molecule is COc1ncnc(C2CC2)c1-c1nc(S(C)(=O)=O)c2c(n1)nc(C)n2C1CCCCO1. The van der Waals surface area contributed by atoms with Gasteiger partial charge in [0.25, 0.3) is 0 Å². The van der Waals surface area contributed by atoms with Gasteiger partial charge in [0.1, 0.15) is 29.5 Å². The number of sulfone groups is 1. The van der Waals surface area contributed by atoms with Crippen LogP contribution < -0.4 is 4.74 Å². The third kappa shape index (κ3) is 3.55. The van der Waals surface area contributed by atoms with E-state index in [0.717, 1.165) is 44.1 Å². The minimum absolute atomic E-state index is 0.0741. The fraction of sp³-hybridized carbons (Fsp3) is 0.550. The Bertz CT molecular complexity index is 1260. The number of ether oxygens (including phenoxy) is 2. The van der Waals surface area contributed by atoms with Crippen molar-refractivity contribution in [3.63, 3.8) is 0 Å². The van der Waals surface area contributed by atoms with Crippen LogP contribution in [0, 0.1) is 6.92 Å². The van der Waals surface area contributed by atoms with Crippen molar-refractivity contribution >= 4 is 21.0 Å². The van der Waals surface area contributed by atoms with E-state index in [0.29, 0.717) is 35.0 Å². The van der Waals surface area contributed by atoms with Crippen LogP contribution in [0.4, 0.5) is 0 Å². The Labute approximate surface area is 180 Å². The molecule has 0 radical (unpaired) electrons. The van der Waals surface area contributed by atoms with Crippen molar-refractivity contribution in [2.75, 3.05) is 20.0 Å². The first-order chi connectivity index (χ1) is 14.9. The molecule has 2 aliphatic rings. The topological polar surface area (TPSA) is 122 Å². The van der Waals surface area contributed by atoms with Crippen molar-refractivity contribution in [2.45, 2.75) is 56.2 Å². The maximum atomic E-state index is 12.8. The molecule has 5 rings (SSSR count). The Morgan fingerprint density at radius 3 is 2.58 bits per heavy atom. The Kier molecular flexibility index (Phi) is 4.89. The molecule has 1 atom stereocenters. The van der Waals surface area contributed by atoms with E-state index in [-0.39, 0.29) is 23.0 Å². The summed E-state index contributed by atoms with van der Waals surface area (Å²) >= 11 is 0. The minimum Gasteiger partial charge on any atom is -0.480 e. The van der Waals surface area contributed by atoms with Crippen LogP contribution in [0.1, 0.15) is 55.8 Å². The maximum Gasteiger partial charge on any atom is 0.227 e. The lowest BCUT2D eigenvalue weighted by Crippen LogP contribution is -2.20. The molecule has 0 aromatic carbocycles. The Hall–Kier alpha value is -2.66. The molecule has 0 N–H and O–H groups in total. The van der Waals surface area contributed by atoms with Gasteiger partial charge >= 0.3 is 0 Å². The normalized spacial score (nSPS) is 19.6. The number of aromatic nitrogens is 6. The minimum atomic E-state index is -3.69. The average Bonchev–Trinajstić information content (AvgIpc) is 3.54. The fourth-order valence-electron chi connectivity index (χ4n) is 4.14. The van der Waals surface area contributed by atoms with Gasteiger partial charge in [-0.05, 0) is 39.0 Å².